The molecule has 1 amide bonds. The molecule has 1 aliphatic rings. The second kappa shape index (κ2) is 7.28. The third-order valence-corrected chi connectivity index (χ3v) is 5.57. The van der Waals surface area contributed by atoms with Crippen LogP contribution >= 0.6 is 11.3 Å². The van der Waals surface area contributed by atoms with Crippen molar-refractivity contribution in [3.8, 4) is 0 Å². The number of nitrogens with zero attached hydrogens (tertiary/aromatic N) is 3. The van der Waals surface area contributed by atoms with Crippen LogP contribution in [0.5, 0.6) is 0 Å². The number of carbonyl (C=O) groups is 1. The van der Waals surface area contributed by atoms with Gasteiger partial charge in [-0.2, -0.15) is 0 Å². The van der Waals surface area contributed by atoms with Crippen molar-refractivity contribution in [3.63, 3.8) is 0 Å². The number of nitrogens with one attached hydrogen (secondary N) is 1. The molecule has 3 rings (SSSR count). The lowest BCUT2D eigenvalue weighted by Gasteiger charge is -2.32. The van der Waals surface area contributed by atoms with Crippen LogP contribution in [-0.4, -0.2) is 39.8 Å². The van der Waals surface area contributed by atoms with Gasteiger partial charge in [-0.1, -0.05) is 0 Å². The summed E-state index contributed by atoms with van der Waals surface area (Å²) in [6, 6.07) is 3.63. The zero-order valence-electron chi connectivity index (χ0n) is 14.2. The Bertz CT molecular complexity index is 805. The van der Waals surface area contributed by atoms with Crippen LogP contribution in [0.4, 0.5) is 5.69 Å². The van der Waals surface area contributed by atoms with E-state index < -0.39 is 4.92 Å². The minimum Gasteiger partial charge on any atom is -0.350 e. The fourth-order valence-corrected chi connectivity index (χ4v) is 3.85. The highest BCUT2D eigenvalue weighted by molar-refractivity contribution is 7.10. The van der Waals surface area contributed by atoms with Crippen molar-refractivity contribution in [2.45, 2.75) is 32.9 Å². The Kier molecular flexibility index (Phi) is 5.10. The number of carbonyl (C=O) groups excluding carboxylic acids is 1. The van der Waals surface area contributed by atoms with Gasteiger partial charge in [-0.05, 0) is 37.3 Å². The van der Waals surface area contributed by atoms with E-state index in [2.05, 4.69) is 33.6 Å². The molecule has 2 aromatic heterocycles. The minimum atomic E-state index is -0.544. The first-order valence-corrected chi connectivity index (χ1v) is 9.02. The molecule has 8 heteroatoms. The number of aryl methyl sites for hydroxylation is 1. The van der Waals surface area contributed by atoms with Gasteiger partial charge in [0.05, 0.1) is 16.2 Å². The van der Waals surface area contributed by atoms with E-state index in [9.17, 15) is 14.9 Å². The van der Waals surface area contributed by atoms with Crippen LogP contribution in [0.25, 0.3) is 0 Å². The Balaban J connectivity index is 1.61. The van der Waals surface area contributed by atoms with Crippen LogP contribution in [0.2, 0.25) is 0 Å². The molecular formula is C17H20N4O3S. The van der Waals surface area contributed by atoms with Gasteiger partial charge in [0, 0.05) is 36.6 Å². The number of rotatable bonds is 5. The summed E-state index contributed by atoms with van der Waals surface area (Å²) in [4.78, 5) is 30.5. The molecule has 1 atom stereocenters. The van der Waals surface area contributed by atoms with Crippen LogP contribution in [0.3, 0.4) is 0 Å². The average Bonchev–Trinajstić information content (AvgIpc) is 3.07. The normalized spacial score (nSPS) is 15.4. The number of thiophene rings is 1. The number of hydrogen-bond donors (Lipinski definition) is 1. The van der Waals surface area contributed by atoms with E-state index >= 15 is 0 Å². The topological polar surface area (TPSA) is 88.4 Å². The van der Waals surface area contributed by atoms with Gasteiger partial charge in [-0.25, -0.2) is 0 Å². The second-order valence-corrected chi connectivity index (χ2v) is 7.23. The highest BCUT2D eigenvalue weighted by atomic mass is 32.1. The molecular weight excluding hydrogens is 340 g/mol. The molecule has 0 saturated heterocycles. The summed E-state index contributed by atoms with van der Waals surface area (Å²) in [6.07, 6.45) is 2.21. The maximum absolute atomic E-state index is 12.4. The van der Waals surface area contributed by atoms with E-state index in [0.29, 0.717) is 12.2 Å². The van der Waals surface area contributed by atoms with Crippen molar-refractivity contribution in [2.75, 3.05) is 13.1 Å². The van der Waals surface area contributed by atoms with Gasteiger partial charge in [-0.3, -0.25) is 24.8 Å². The lowest BCUT2D eigenvalue weighted by atomic mass is 10.1. The highest BCUT2D eigenvalue weighted by Crippen LogP contribution is 2.25. The van der Waals surface area contributed by atoms with Gasteiger partial charge in [0.25, 0.3) is 11.6 Å². The fraction of sp³-hybridized carbons (Fsp3) is 0.412. The van der Waals surface area contributed by atoms with E-state index in [4.69, 9.17) is 0 Å². The molecule has 132 valence electrons. The lowest BCUT2D eigenvalue weighted by molar-refractivity contribution is -0.385. The van der Waals surface area contributed by atoms with Gasteiger partial charge in [0.15, 0.2) is 0 Å². The Morgan fingerprint density at radius 2 is 2.36 bits per heavy atom. The van der Waals surface area contributed by atoms with Crippen molar-refractivity contribution >= 4 is 22.9 Å². The van der Waals surface area contributed by atoms with E-state index in [0.717, 1.165) is 19.5 Å². The van der Waals surface area contributed by atoms with Gasteiger partial charge >= 0.3 is 0 Å². The molecule has 0 aromatic carbocycles. The van der Waals surface area contributed by atoms with Gasteiger partial charge < -0.3 is 5.32 Å². The molecule has 0 saturated carbocycles. The van der Waals surface area contributed by atoms with Gasteiger partial charge in [0.2, 0.25) is 0 Å². The standard InChI is InChI=1S/C17H20N4O3S/c1-11(20-5-3-16-13(10-20)4-6-25-16)8-19-17(22)15-7-14(21(23)24)9-18-12(15)2/h4,6-7,9,11H,3,5,8,10H2,1-2H3,(H,19,22)/t11-/m0/s1. The number of nitro groups is 1. The molecule has 2 aromatic rings. The first kappa shape index (κ1) is 17.5. The third kappa shape index (κ3) is 3.85. The van der Waals surface area contributed by atoms with Gasteiger partial charge in [-0.15, -0.1) is 11.3 Å². The van der Waals surface area contributed by atoms with Crippen molar-refractivity contribution < 1.29 is 9.72 Å². The SMILES string of the molecule is Cc1ncc([N+](=O)[O-])cc1C(=O)NC[C@H](C)N1CCc2sccc2C1. The summed E-state index contributed by atoms with van der Waals surface area (Å²) < 4.78 is 0. The molecule has 3 heterocycles. The highest BCUT2D eigenvalue weighted by Gasteiger charge is 2.22. The van der Waals surface area contributed by atoms with Crippen LogP contribution in [0.15, 0.2) is 23.7 Å². The smallest absolute Gasteiger partial charge is 0.288 e. The fourth-order valence-electron chi connectivity index (χ4n) is 2.96. The maximum atomic E-state index is 12.4. The molecule has 0 unspecified atom stereocenters. The monoisotopic (exact) mass is 360 g/mol. The average molecular weight is 360 g/mol. The summed E-state index contributed by atoms with van der Waals surface area (Å²) in [7, 11) is 0. The summed E-state index contributed by atoms with van der Waals surface area (Å²) in [5.41, 5.74) is 1.93. The Labute approximate surface area is 149 Å². The molecule has 0 fully saturated rings. The van der Waals surface area contributed by atoms with Crippen LogP contribution < -0.4 is 5.32 Å². The Hall–Kier alpha value is -2.32. The first-order chi connectivity index (χ1) is 12.0. The number of fused-ring (bicyclic) bond motifs is 1. The maximum Gasteiger partial charge on any atom is 0.288 e. The summed E-state index contributed by atoms with van der Waals surface area (Å²) >= 11 is 1.80. The van der Waals surface area contributed by atoms with Crippen molar-refractivity contribution in [2.24, 2.45) is 0 Å². The molecule has 0 radical (unpaired) electrons. The zero-order valence-corrected chi connectivity index (χ0v) is 15.0. The number of pyridine rings is 1. The molecule has 1 aliphatic heterocycles. The number of amides is 1. The largest absolute Gasteiger partial charge is 0.350 e. The van der Waals surface area contributed by atoms with Crippen molar-refractivity contribution in [1.82, 2.24) is 15.2 Å². The third-order valence-electron chi connectivity index (χ3n) is 4.55. The van der Waals surface area contributed by atoms with E-state index in [1.54, 1.807) is 18.3 Å². The van der Waals surface area contributed by atoms with Crippen molar-refractivity contribution in [3.05, 3.63) is 55.5 Å². The second-order valence-electron chi connectivity index (χ2n) is 6.23. The first-order valence-electron chi connectivity index (χ1n) is 8.14. The molecule has 1 N–H and O–H groups in total. The molecule has 25 heavy (non-hydrogen) atoms. The van der Waals surface area contributed by atoms with Crippen molar-refractivity contribution in [1.29, 1.82) is 0 Å². The van der Waals surface area contributed by atoms with Crippen LogP contribution in [0, 0.1) is 17.0 Å². The summed E-state index contributed by atoms with van der Waals surface area (Å²) in [5, 5.41) is 15.9. The predicted molar refractivity (Wildman–Crippen MR) is 95.9 cm³/mol. The summed E-state index contributed by atoms with van der Waals surface area (Å²) in [5.74, 6) is -0.325. The van der Waals surface area contributed by atoms with Crippen LogP contribution in [0.1, 0.15) is 33.4 Å². The zero-order chi connectivity index (χ0) is 18.0. The van der Waals surface area contributed by atoms with E-state index in [1.165, 1.54) is 22.7 Å². The number of hydrogen-bond acceptors (Lipinski definition) is 6. The van der Waals surface area contributed by atoms with E-state index in [1.807, 2.05) is 0 Å². The van der Waals surface area contributed by atoms with Gasteiger partial charge in [0.1, 0.15) is 6.20 Å². The molecule has 7 nitrogen and oxygen atoms in total. The molecule has 0 aliphatic carbocycles. The Morgan fingerprint density at radius 1 is 1.56 bits per heavy atom. The molecule has 0 bridgehead atoms. The number of aromatic nitrogens is 1. The summed E-state index contributed by atoms with van der Waals surface area (Å²) in [6.45, 7) is 6.11. The quantitative estimate of drug-likeness (QED) is 0.654. The molecule has 0 spiro atoms. The lowest BCUT2D eigenvalue weighted by Crippen LogP contribution is -2.44. The van der Waals surface area contributed by atoms with E-state index in [-0.39, 0.29) is 23.2 Å². The van der Waals surface area contributed by atoms with Crippen LogP contribution in [-0.2, 0) is 13.0 Å². The predicted octanol–water partition coefficient (Wildman–Crippen LogP) is 2.54. The Morgan fingerprint density at radius 3 is 3.12 bits per heavy atom. The minimum absolute atomic E-state index is 0.176.